The minimum absolute atomic E-state index is 0.0161. The summed E-state index contributed by atoms with van der Waals surface area (Å²) in [6.07, 6.45) is -7.43. The third-order valence-corrected chi connectivity index (χ3v) is 5.80. The number of hydrogen-bond donors (Lipinski definition) is 7. The van der Waals surface area contributed by atoms with Crippen molar-refractivity contribution in [2.75, 3.05) is 20.8 Å². The van der Waals surface area contributed by atoms with E-state index in [1.807, 2.05) is 0 Å². The van der Waals surface area contributed by atoms with Crippen LogP contribution in [0.5, 0.6) is 34.5 Å². The van der Waals surface area contributed by atoms with E-state index in [0.29, 0.717) is 5.56 Å². The molecule has 0 aromatic heterocycles. The molecule has 2 heterocycles. The fourth-order valence-electron chi connectivity index (χ4n) is 3.94. The van der Waals surface area contributed by atoms with Gasteiger partial charge in [-0.15, -0.1) is 0 Å². The van der Waals surface area contributed by atoms with Crippen molar-refractivity contribution in [1.29, 1.82) is 0 Å². The molecule has 12 heteroatoms. The van der Waals surface area contributed by atoms with Crippen LogP contribution in [0.25, 0.3) is 6.08 Å². The Morgan fingerprint density at radius 2 is 1.54 bits per heavy atom. The summed E-state index contributed by atoms with van der Waals surface area (Å²) in [7, 11) is 2.68. The Labute approximate surface area is 199 Å². The van der Waals surface area contributed by atoms with Crippen LogP contribution in [0.2, 0.25) is 0 Å². The quantitative estimate of drug-likeness (QED) is 0.288. The van der Waals surface area contributed by atoms with E-state index in [4.69, 9.17) is 23.7 Å². The fourth-order valence-corrected chi connectivity index (χ4v) is 3.94. The molecule has 0 spiro atoms. The summed E-state index contributed by atoms with van der Waals surface area (Å²) in [6, 6.07) is 5.26. The van der Waals surface area contributed by atoms with Gasteiger partial charge in [-0.1, -0.05) is 0 Å². The zero-order valence-electron chi connectivity index (χ0n) is 18.7. The van der Waals surface area contributed by atoms with E-state index in [-0.39, 0.29) is 45.8 Å². The van der Waals surface area contributed by atoms with E-state index >= 15 is 0 Å². The molecule has 0 saturated carbocycles. The number of benzene rings is 2. The Bertz CT molecular complexity index is 1090. The minimum atomic E-state index is -1.70. The topological polar surface area (TPSA) is 188 Å². The summed E-state index contributed by atoms with van der Waals surface area (Å²) in [5.41, 5.74) is 0.497. The molecule has 190 valence electrons. The molecule has 0 radical (unpaired) electrons. The summed E-state index contributed by atoms with van der Waals surface area (Å²) in [5, 5.41) is 70.6. The Balaban J connectivity index is 1.79. The third kappa shape index (κ3) is 4.49. The van der Waals surface area contributed by atoms with Crippen molar-refractivity contribution >= 4 is 6.08 Å². The van der Waals surface area contributed by atoms with Crippen molar-refractivity contribution in [2.24, 2.45) is 0 Å². The van der Waals surface area contributed by atoms with Gasteiger partial charge in [0.15, 0.2) is 17.6 Å². The van der Waals surface area contributed by atoms with E-state index in [2.05, 4.69) is 0 Å². The molecule has 6 atom stereocenters. The molecule has 6 unspecified atom stereocenters. The van der Waals surface area contributed by atoms with Crippen molar-refractivity contribution in [3.8, 4) is 34.5 Å². The van der Waals surface area contributed by atoms with Crippen molar-refractivity contribution in [2.45, 2.75) is 36.8 Å². The van der Waals surface area contributed by atoms with Crippen LogP contribution in [0.15, 0.2) is 30.0 Å². The Morgan fingerprint density at radius 3 is 2.14 bits per heavy atom. The van der Waals surface area contributed by atoms with E-state index < -0.39 is 43.4 Å². The first-order valence-corrected chi connectivity index (χ1v) is 10.5. The smallest absolute Gasteiger partial charge is 0.228 e. The van der Waals surface area contributed by atoms with Gasteiger partial charge in [0, 0.05) is 17.7 Å². The molecule has 0 bridgehead atoms. The first-order valence-electron chi connectivity index (χ1n) is 10.5. The van der Waals surface area contributed by atoms with E-state index in [9.17, 15) is 35.7 Å². The normalized spacial score (nSPS) is 27.9. The molecular formula is C23H26O12. The van der Waals surface area contributed by atoms with Crippen LogP contribution in [0, 0.1) is 0 Å². The van der Waals surface area contributed by atoms with Gasteiger partial charge in [-0.05, 0) is 18.2 Å². The predicted molar refractivity (Wildman–Crippen MR) is 117 cm³/mol. The molecule has 12 nitrogen and oxygen atoms in total. The zero-order chi connectivity index (χ0) is 25.4. The number of rotatable bonds is 6. The molecule has 1 saturated heterocycles. The van der Waals surface area contributed by atoms with Gasteiger partial charge in [-0.3, -0.25) is 0 Å². The van der Waals surface area contributed by atoms with Gasteiger partial charge < -0.3 is 59.4 Å². The fraction of sp³-hybridized carbons (Fsp3) is 0.391. The minimum Gasteiger partial charge on any atom is -0.508 e. The molecule has 0 aliphatic carbocycles. The summed E-state index contributed by atoms with van der Waals surface area (Å²) >= 11 is 0. The molecule has 2 aliphatic heterocycles. The molecular weight excluding hydrogens is 468 g/mol. The third-order valence-electron chi connectivity index (χ3n) is 5.80. The van der Waals surface area contributed by atoms with Crippen LogP contribution in [-0.4, -0.2) is 87.3 Å². The maximum atomic E-state index is 10.4. The number of hydrogen-bond acceptors (Lipinski definition) is 12. The van der Waals surface area contributed by atoms with Gasteiger partial charge in [0.2, 0.25) is 12.0 Å². The SMILES string of the molecule is COc1cc(C2Oc3cc(O)cc(O)c3C=C2OC2OC(CO)C(O)C(O)C2O)cc(OC)c1O. The predicted octanol–water partition coefficient (Wildman–Crippen LogP) is 0.112. The lowest BCUT2D eigenvalue weighted by Crippen LogP contribution is -2.59. The van der Waals surface area contributed by atoms with Gasteiger partial charge in [0.25, 0.3) is 0 Å². The van der Waals surface area contributed by atoms with Crippen molar-refractivity contribution in [1.82, 2.24) is 0 Å². The summed E-state index contributed by atoms with van der Waals surface area (Å²) in [5.74, 6) is -0.649. The van der Waals surface area contributed by atoms with Gasteiger partial charge in [-0.2, -0.15) is 0 Å². The Hall–Kier alpha value is -3.42. The monoisotopic (exact) mass is 494 g/mol. The summed E-state index contributed by atoms with van der Waals surface area (Å²) < 4.78 is 27.7. The largest absolute Gasteiger partial charge is 0.508 e. The highest BCUT2D eigenvalue weighted by molar-refractivity contribution is 5.70. The number of aliphatic hydroxyl groups excluding tert-OH is 4. The lowest BCUT2D eigenvalue weighted by molar-refractivity contribution is -0.293. The second-order valence-electron chi connectivity index (χ2n) is 8.01. The second kappa shape index (κ2) is 9.68. The highest BCUT2D eigenvalue weighted by Crippen LogP contribution is 2.47. The lowest BCUT2D eigenvalue weighted by atomic mass is 9.98. The summed E-state index contributed by atoms with van der Waals surface area (Å²) in [6.45, 7) is -0.654. The number of fused-ring (bicyclic) bond motifs is 1. The standard InChI is InChI=1S/C23H26O12/c1-31-14-3-9(4-15(32-2)18(14)27)22-16(7-11-12(26)5-10(25)6-13(11)33-22)34-23-21(30)20(29)19(28)17(8-24)35-23/h3-7,17,19-30H,8H2,1-2H3. The molecule has 35 heavy (non-hydrogen) atoms. The van der Waals surface area contributed by atoms with Crippen LogP contribution in [-0.2, 0) is 9.47 Å². The van der Waals surface area contributed by atoms with Gasteiger partial charge in [-0.25, -0.2) is 0 Å². The average molecular weight is 494 g/mol. The molecule has 2 aromatic carbocycles. The maximum absolute atomic E-state index is 10.4. The van der Waals surface area contributed by atoms with Gasteiger partial charge in [0.1, 0.15) is 47.4 Å². The van der Waals surface area contributed by atoms with Crippen molar-refractivity contribution in [3.05, 3.63) is 41.2 Å². The molecule has 2 aliphatic rings. The number of phenolic OH excluding ortho intramolecular Hbond substituents is 3. The van der Waals surface area contributed by atoms with E-state index in [1.165, 1.54) is 38.5 Å². The van der Waals surface area contributed by atoms with Crippen LogP contribution < -0.4 is 14.2 Å². The van der Waals surface area contributed by atoms with Crippen molar-refractivity contribution in [3.63, 3.8) is 0 Å². The molecule has 2 aromatic rings. The number of aromatic hydroxyl groups is 3. The Morgan fingerprint density at radius 1 is 0.886 bits per heavy atom. The lowest BCUT2D eigenvalue weighted by Gasteiger charge is -2.41. The van der Waals surface area contributed by atoms with Gasteiger partial charge >= 0.3 is 0 Å². The first kappa shape index (κ1) is 24.7. The first-order chi connectivity index (χ1) is 16.7. The Kier molecular flexibility index (Phi) is 6.83. The number of methoxy groups -OCH3 is 2. The van der Waals surface area contributed by atoms with Crippen LogP contribution >= 0.6 is 0 Å². The highest BCUT2D eigenvalue weighted by atomic mass is 16.7. The number of aliphatic hydroxyl groups is 4. The molecule has 7 N–H and O–H groups in total. The number of ether oxygens (including phenoxy) is 5. The maximum Gasteiger partial charge on any atom is 0.228 e. The zero-order valence-corrected chi connectivity index (χ0v) is 18.7. The molecule has 1 fully saturated rings. The summed E-state index contributed by atoms with van der Waals surface area (Å²) in [4.78, 5) is 0. The van der Waals surface area contributed by atoms with Crippen LogP contribution in [0.4, 0.5) is 0 Å². The highest BCUT2D eigenvalue weighted by Gasteiger charge is 2.46. The molecule has 0 amide bonds. The average Bonchev–Trinajstić information content (AvgIpc) is 2.84. The number of phenols is 3. The molecule has 4 rings (SSSR count). The van der Waals surface area contributed by atoms with Crippen LogP contribution in [0.3, 0.4) is 0 Å². The van der Waals surface area contributed by atoms with E-state index in [0.717, 1.165) is 6.07 Å². The second-order valence-corrected chi connectivity index (χ2v) is 8.01. The van der Waals surface area contributed by atoms with Crippen molar-refractivity contribution < 1.29 is 59.4 Å². The van der Waals surface area contributed by atoms with Crippen LogP contribution in [0.1, 0.15) is 17.2 Å². The van der Waals surface area contributed by atoms with E-state index in [1.54, 1.807) is 0 Å². The van der Waals surface area contributed by atoms with Gasteiger partial charge in [0.05, 0.1) is 26.4 Å².